The maximum absolute atomic E-state index is 14.6. The van der Waals surface area contributed by atoms with E-state index >= 15 is 0 Å². The number of methoxy groups -OCH3 is 1. The maximum Gasteiger partial charge on any atom is 0.306 e. The van der Waals surface area contributed by atoms with Gasteiger partial charge in [0.25, 0.3) is 11.8 Å². The van der Waals surface area contributed by atoms with Crippen LogP contribution in [-0.4, -0.2) is 49.2 Å². The van der Waals surface area contributed by atoms with Gasteiger partial charge in [-0.05, 0) is 72.9 Å². The van der Waals surface area contributed by atoms with Gasteiger partial charge >= 0.3 is 5.97 Å². The monoisotopic (exact) mass is 508 g/mol. The van der Waals surface area contributed by atoms with Gasteiger partial charge in [-0.2, -0.15) is 0 Å². The summed E-state index contributed by atoms with van der Waals surface area (Å²) in [5.41, 5.74) is 0.349. The number of carbonyl (C=O) groups is 3. The van der Waals surface area contributed by atoms with Crippen molar-refractivity contribution in [2.75, 3.05) is 20.2 Å². The maximum atomic E-state index is 14.6. The van der Waals surface area contributed by atoms with Crippen LogP contribution in [0.4, 0.5) is 4.39 Å². The van der Waals surface area contributed by atoms with Crippen molar-refractivity contribution >= 4 is 28.6 Å². The number of hydrogen-bond donors (Lipinski definition) is 3. The lowest BCUT2D eigenvalue weighted by atomic mass is 9.87. The average molecular weight is 509 g/mol. The molecule has 194 valence electrons. The van der Waals surface area contributed by atoms with Gasteiger partial charge in [-0.15, -0.1) is 0 Å². The molecule has 0 radical (unpaired) electrons. The van der Waals surface area contributed by atoms with E-state index in [0.717, 1.165) is 16.8 Å². The molecule has 3 aromatic rings. The Morgan fingerprint density at radius 3 is 2.22 bits per heavy atom. The summed E-state index contributed by atoms with van der Waals surface area (Å²) in [6, 6.07) is 15.0. The highest BCUT2D eigenvalue weighted by atomic mass is 19.1. The van der Waals surface area contributed by atoms with E-state index in [1.54, 1.807) is 19.2 Å². The Bertz CT molecular complexity index is 1300. The molecular weight excluding hydrogens is 479 g/mol. The van der Waals surface area contributed by atoms with Crippen molar-refractivity contribution in [3.8, 4) is 11.5 Å². The van der Waals surface area contributed by atoms with Gasteiger partial charge in [-0.1, -0.05) is 12.1 Å². The second-order valence-electron chi connectivity index (χ2n) is 9.01. The molecule has 0 unspecified atom stereocenters. The van der Waals surface area contributed by atoms with Crippen LogP contribution < -0.4 is 20.1 Å². The highest BCUT2D eigenvalue weighted by molar-refractivity contribution is 5.99. The molecule has 0 aromatic heterocycles. The first kappa shape index (κ1) is 25.9. The van der Waals surface area contributed by atoms with Gasteiger partial charge < -0.3 is 25.2 Å². The van der Waals surface area contributed by atoms with E-state index in [1.165, 1.54) is 12.1 Å². The number of carboxylic acid groups (broad SMARTS) is 1. The van der Waals surface area contributed by atoms with E-state index in [0.29, 0.717) is 42.7 Å². The predicted molar refractivity (Wildman–Crippen MR) is 136 cm³/mol. The number of halogens is 1. The first-order chi connectivity index (χ1) is 17.8. The molecule has 1 saturated carbocycles. The van der Waals surface area contributed by atoms with Crippen molar-refractivity contribution in [3.63, 3.8) is 0 Å². The fourth-order valence-electron chi connectivity index (χ4n) is 4.42. The first-order valence-corrected chi connectivity index (χ1v) is 12.2. The van der Waals surface area contributed by atoms with Crippen LogP contribution in [0.5, 0.6) is 11.5 Å². The topological polar surface area (TPSA) is 114 Å². The molecule has 1 aliphatic carbocycles. The summed E-state index contributed by atoms with van der Waals surface area (Å²) in [4.78, 5) is 36.0. The van der Waals surface area contributed by atoms with Crippen LogP contribution in [0.25, 0.3) is 10.8 Å². The van der Waals surface area contributed by atoms with Crippen molar-refractivity contribution in [3.05, 3.63) is 71.5 Å². The number of hydrogen-bond acceptors (Lipinski definition) is 5. The predicted octanol–water partition coefficient (Wildman–Crippen LogP) is 4.17. The molecule has 0 heterocycles. The Kier molecular flexibility index (Phi) is 8.22. The largest absolute Gasteiger partial charge is 0.497 e. The smallest absolute Gasteiger partial charge is 0.306 e. The summed E-state index contributed by atoms with van der Waals surface area (Å²) in [7, 11) is 1.58. The Morgan fingerprint density at radius 2 is 1.54 bits per heavy atom. The first-order valence-electron chi connectivity index (χ1n) is 12.2. The summed E-state index contributed by atoms with van der Waals surface area (Å²) in [6.45, 7) is 0.291. The molecule has 8 nitrogen and oxygen atoms in total. The van der Waals surface area contributed by atoms with Gasteiger partial charge in [0.2, 0.25) is 0 Å². The van der Waals surface area contributed by atoms with Gasteiger partial charge in [0.15, 0.2) is 0 Å². The van der Waals surface area contributed by atoms with Crippen molar-refractivity contribution < 1.29 is 33.4 Å². The second-order valence-corrected chi connectivity index (χ2v) is 9.01. The number of carboxylic acids is 1. The van der Waals surface area contributed by atoms with Gasteiger partial charge in [0, 0.05) is 24.7 Å². The molecule has 0 atom stereocenters. The third-order valence-corrected chi connectivity index (χ3v) is 6.52. The molecule has 3 aromatic carbocycles. The molecule has 37 heavy (non-hydrogen) atoms. The van der Waals surface area contributed by atoms with E-state index < -0.39 is 17.7 Å². The zero-order valence-corrected chi connectivity index (χ0v) is 20.5. The van der Waals surface area contributed by atoms with Crippen molar-refractivity contribution in [2.24, 2.45) is 5.92 Å². The molecule has 0 bridgehead atoms. The third-order valence-electron chi connectivity index (χ3n) is 6.52. The molecular formula is C28H29FN2O6. The lowest BCUT2D eigenvalue weighted by Gasteiger charge is -2.26. The van der Waals surface area contributed by atoms with Crippen molar-refractivity contribution in [2.45, 2.75) is 31.8 Å². The Balaban J connectivity index is 1.24. The summed E-state index contributed by atoms with van der Waals surface area (Å²) >= 11 is 0. The summed E-state index contributed by atoms with van der Waals surface area (Å²) < 4.78 is 25.6. The number of ether oxygens (including phenoxy) is 2. The molecule has 3 N–H and O–H groups in total. The summed E-state index contributed by atoms with van der Waals surface area (Å²) in [5.74, 6) is -1.76. The molecule has 1 aliphatic rings. The minimum atomic E-state index is -0.797. The highest BCUT2D eigenvalue weighted by Gasteiger charge is 2.27. The van der Waals surface area contributed by atoms with Gasteiger partial charge in [0.05, 0.1) is 24.7 Å². The molecule has 2 amide bonds. The quantitative estimate of drug-likeness (QED) is 0.374. The zero-order valence-electron chi connectivity index (χ0n) is 20.5. The fraction of sp³-hybridized carbons (Fsp3) is 0.321. The summed E-state index contributed by atoms with van der Waals surface area (Å²) in [6.07, 6.45) is 2.03. The van der Waals surface area contributed by atoms with Crippen LogP contribution in [0.1, 0.15) is 46.4 Å². The van der Waals surface area contributed by atoms with E-state index in [-0.39, 0.29) is 36.6 Å². The third kappa shape index (κ3) is 6.55. The van der Waals surface area contributed by atoms with Crippen LogP contribution in [0, 0.1) is 11.7 Å². The Labute approximate surface area is 213 Å². The second kappa shape index (κ2) is 11.7. The molecule has 9 heteroatoms. The molecule has 0 saturated heterocycles. The molecule has 4 rings (SSSR count). The number of amides is 2. The van der Waals surface area contributed by atoms with Gasteiger partial charge in [-0.3, -0.25) is 14.4 Å². The van der Waals surface area contributed by atoms with Crippen LogP contribution >= 0.6 is 0 Å². The van der Waals surface area contributed by atoms with Crippen molar-refractivity contribution in [1.82, 2.24) is 10.6 Å². The highest BCUT2D eigenvalue weighted by Crippen LogP contribution is 2.28. The van der Waals surface area contributed by atoms with Crippen LogP contribution in [-0.2, 0) is 4.79 Å². The number of carbonyl (C=O) groups excluding carboxylic acids is 2. The number of rotatable bonds is 9. The lowest BCUT2D eigenvalue weighted by Crippen LogP contribution is -2.35. The minimum absolute atomic E-state index is 0.122. The number of nitrogens with one attached hydrogen (secondary N) is 2. The standard InChI is InChI=1S/C28H29FN2O6/c1-36-22-9-4-17-2-3-19(14-20(17)15-22)26(32)30-12-13-31-27(33)24-11-10-23(16-25(24)29)37-21-7-5-18(6-8-21)28(34)35/h2-4,9-11,14-16,18,21H,5-8,12-13H2,1H3,(H,30,32)(H,31,33)(H,34,35). The van der Waals surface area contributed by atoms with Crippen LogP contribution in [0.15, 0.2) is 54.6 Å². The molecule has 0 spiro atoms. The van der Waals surface area contributed by atoms with Crippen LogP contribution in [0.3, 0.4) is 0 Å². The van der Waals surface area contributed by atoms with E-state index in [9.17, 15) is 18.8 Å². The average Bonchev–Trinajstić information content (AvgIpc) is 2.90. The Morgan fingerprint density at radius 1 is 0.865 bits per heavy atom. The number of fused-ring (bicyclic) bond motifs is 1. The molecule has 0 aliphatic heterocycles. The number of aliphatic carboxylic acids is 1. The fourth-order valence-corrected chi connectivity index (χ4v) is 4.42. The number of benzene rings is 3. The van der Waals surface area contributed by atoms with E-state index in [4.69, 9.17) is 14.6 Å². The minimum Gasteiger partial charge on any atom is -0.497 e. The van der Waals surface area contributed by atoms with Crippen LogP contribution in [0.2, 0.25) is 0 Å². The summed E-state index contributed by atoms with van der Waals surface area (Å²) in [5, 5.41) is 16.3. The SMILES string of the molecule is COc1ccc2ccc(C(=O)NCCNC(=O)c3ccc(OC4CCC(C(=O)O)CC4)cc3F)cc2c1. The Hall–Kier alpha value is -4.14. The van der Waals surface area contributed by atoms with Crippen molar-refractivity contribution in [1.29, 1.82) is 0 Å². The normalized spacial score (nSPS) is 17.1. The molecule has 1 fully saturated rings. The van der Waals surface area contributed by atoms with E-state index in [1.807, 2.05) is 24.3 Å². The van der Waals surface area contributed by atoms with Gasteiger partial charge in [-0.25, -0.2) is 4.39 Å². The lowest BCUT2D eigenvalue weighted by molar-refractivity contribution is -0.143. The van der Waals surface area contributed by atoms with E-state index in [2.05, 4.69) is 10.6 Å². The zero-order chi connectivity index (χ0) is 26.4. The van der Waals surface area contributed by atoms with Gasteiger partial charge in [0.1, 0.15) is 17.3 Å².